The molecule has 0 atom stereocenters. The van der Waals surface area contributed by atoms with Gasteiger partial charge in [0, 0.05) is 0 Å². The summed E-state index contributed by atoms with van der Waals surface area (Å²) in [6.07, 6.45) is 0. The molecule has 0 aliphatic rings. The Kier molecular flexibility index (Phi) is 7.11. The van der Waals surface area contributed by atoms with Crippen molar-refractivity contribution in [1.29, 1.82) is 0 Å². The van der Waals surface area contributed by atoms with Gasteiger partial charge in [-0.15, -0.1) is 0 Å². The van der Waals surface area contributed by atoms with Gasteiger partial charge in [-0.2, -0.15) is 0 Å². The molecule has 0 heterocycles. The standard InChI is InChI=1S/C12H28N.ClH/c1-9(2)13(10(3)4,11(5)6)12(7)8;/h9-12H,1-8H3;1H/q+1;/p-1. The zero-order valence-electron chi connectivity index (χ0n) is 11.1. The van der Waals surface area contributed by atoms with E-state index < -0.39 is 0 Å². The Morgan fingerprint density at radius 3 is 0.643 bits per heavy atom. The number of nitrogens with zero attached hydrogens (tertiary/aromatic N) is 1. The minimum absolute atomic E-state index is 0. The summed E-state index contributed by atoms with van der Waals surface area (Å²) >= 11 is 0. The third kappa shape index (κ3) is 2.64. The highest BCUT2D eigenvalue weighted by Gasteiger charge is 2.40. The Bertz CT molecular complexity index is 113. The van der Waals surface area contributed by atoms with Gasteiger partial charge in [0.1, 0.15) is 0 Å². The lowest BCUT2D eigenvalue weighted by Crippen LogP contribution is -3.00. The molecule has 0 aromatic rings. The monoisotopic (exact) mass is 221 g/mol. The molecule has 0 N–H and O–H groups in total. The summed E-state index contributed by atoms with van der Waals surface area (Å²) in [4.78, 5) is 0. The quantitative estimate of drug-likeness (QED) is 0.605. The highest BCUT2D eigenvalue weighted by Crippen LogP contribution is 2.28. The summed E-state index contributed by atoms with van der Waals surface area (Å²) in [7, 11) is 0. The van der Waals surface area contributed by atoms with Crippen molar-refractivity contribution in [2.75, 3.05) is 0 Å². The van der Waals surface area contributed by atoms with E-state index in [0.717, 1.165) is 0 Å². The third-order valence-electron chi connectivity index (χ3n) is 3.58. The number of hydrogen-bond donors (Lipinski definition) is 0. The normalized spacial score (nSPS) is 12.9. The van der Waals surface area contributed by atoms with E-state index in [1.165, 1.54) is 4.48 Å². The molecule has 14 heavy (non-hydrogen) atoms. The first-order valence-corrected chi connectivity index (χ1v) is 5.65. The molecule has 0 rings (SSSR count). The van der Waals surface area contributed by atoms with Crippen molar-refractivity contribution in [2.45, 2.75) is 79.6 Å². The SMILES string of the molecule is CC(C)[N+](C(C)C)(C(C)C)C(C)C.[Cl-]. The number of hydrogen-bond acceptors (Lipinski definition) is 0. The molecule has 0 saturated carbocycles. The molecule has 0 spiro atoms. The van der Waals surface area contributed by atoms with Crippen LogP contribution in [0.15, 0.2) is 0 Å². The van der Waals surface area contributed by atoms with Gasteiger partial charge in [-0.05, 0) is 55.4 Å². The molecule has 0 aromatic heterocycles. The molecule has 0 bridgehead atoms. The summed E-state index contributed by atoms with van der Waals surface area (Å²) in [6.45, 7) is 18.8. The second kappa shape index (κ2) is 5.97. The lowest BCUT2D eigenvalue weighted by Gasteiger charge is -2.52. The van der Waals surface area contributed by atoms with Gasteiger partial charge in [0.2, 0.25) is 0 Å². The Morgan fingerprint density at radius 1 is 0.500 bits per heavy atom. The molecule has 0 radical (unpaired) electrons. The Hall–Kier alpha value is 0.250. The van der Waals surface area contributed by atoms with Gasteiger partial charge in [-0.3, -0.25) is 0 Å². The van der Waals surface area contributed by atoms with Gasteiger partial charge in [0.25, 0.3) is 0 Å². The molecule has 0 aliphatic heterocycles. The second-order valence-electron chi connectivity index (χ2n) is 5.27. The van der Waals surface area contributed by atoms with Crippen LogP contribution in [0, 0.1) is 0 Å². The summed E-state index contributed by atoms with van der Waals surface area (Å²) in [6, 6.07) is 2.83. The van der Waals surface area contributed by atoms with E-state index in [4.69, 9.17) is 0 Å². The average Bonchev–Trinajstić information content (AvgIpc) is 1.82. The van der Waals surface area contributed by atoms with Crippen molar-refractivity contribution in [3.63, 3.8) is 0 Å². The van der Waals surface area contributed by atoms with E-state index in [1.807, 2.05) is 0 Å². The predicted molar refractivity (Wildman–Crippen MR) is 60.8 cm³/mol. The molecule has 0 unspecified atom stereocenters. The summed E-state index contributed by atoms with van der Waals surface area (Å²) in [5.74, 6) is 0. The lowest BCUT2D eigenvalue weighted by molar-refractivity contribution is -1.00. The van der Waals surface area contributed by atoms with E-state index in [-0.39, 0.29) is 12.4 Å². The van der Waals surface area contributed by atoms with Crippen molar-refractivity contribution in [1.82, 2.24) is 0 Å². The van der Waals surface area contributed by atoms with Crippen LogP contribution in [0.5, 0.6) is 0 Å². The lowest BCUT2D eigenvalue weighted by atomic mass is 10.0. The summed E-state index contributed by atoms with van der Waals surface area (Å²) in [5, 5.41) is 0. The van der Waals surface area contributed by atoms with Gasteiger partial charge in [0.05, 0.1) is 24.2 Å². The Morgan fingerprint density at radius 2 is 0.643 bits per heavy atom. The van der Waals surface area contributed by atoms with Crippen LogP contribution in [0.2, 0.25) is 0 Å². The highest BCUT2D eigenvalue weighted by atomic mass is 35.5. The predicted octanol–water partition coefficient (Wildman–Crippen LogP) is 0.441. The van der Waals surface area contributed by atoms with Crippen molar-refractivity contribution >= 4 is 0 Å². The minimum atomic E-state index is 0. The maximum atomic E-state index is 2.35. The number of halogens is 1. The van der Waals surface area contributed by atoms with Crippen molar-refractivity contribution in [2.24, 2.45) is 0 Å². The van der Waals surface area contributed by atoms with Crippen LogP contribution in [-0.4, -0.2) is 28.7 Å². The molecule has 0 saturated heterocycles. The zero-order valence-corrected chi connectivity index (χ0v) is 11.9. The highest BCUT2D eigenvalue weighted by molar-refractivity contribution is 4.61. The third-order valence-corrected chi connectivity index (χ3v) is 3.58. The fourth-order valence-electron chi connectivity index (χ4n) is 3.58. The molecular formula is C12H28ClN. The zero-order chi connectivity index (χ0) is 10.8. The van der Waals surface area contributed by atoms with Crippen LogP contribution in [0.4, 0.5) is 0 Å². The van der Waals surface area contributed by atoms with Gasteiger partial charge in [0.15, 0.2) is 0 Å². The molecule has 88 valence electrons. The fraction of sp³-hybridized carbons (Fsp3) is 1.00. The fourth-order valence-corrected chi connectivity index (χ4v) is 3.58. The van der Waals surface area contributed by atoms with Crippen LogP contribution < -0.4 is 12.4 Å². The molecular weight excluding hydrogens is 194 g/mol. The van der Waals surface area contributed by atoms with E-state index >= 15 is 0 Å². The second-order valence-corrected chi connectivity index (χ2v) is 5.27. The largest absolute Gasteiger partial charge is 1.00 e. The maximum absolute atomic E-state index is 2.35. The first-order chi connectivity index (χ1) is 5.77. The topological polar surface area (TPSA) is 0 Å². The van der Waals surface area contributed by atoms with Gasteiger partial charge < -0.3 is 16.9 Å². The number of rotatable bonds is 4. The molecule has 1 nitrogen and oxygen atoms in total. The molecule has 2 heteroatoms. The van der Waals surface area contributed by atoms with Crippen molar-refractivity contribution < 1.29 is 16.9 Å². The summed E-state index contributed by atoms with van der Waals surface area (Å²) in [5.41, 5.74) is 0. The molecule has 0 amide bonds. The van der Waals surface area contributed by atoms with Crippen LogP contribution in [0.25, 0.3) is 0 Å². The first kappa shape index (κ1) is 16.7. The van der Waals surface area contributed by atoms with E-state index in [1.54, 1.807) is 0 Å². The Labute approximate surface area is 96.9 Å². The van der Waals surface area contributed by atoms with E-state index in [9.17, 15) is 0 Å². The summed E-state index contributed by atoms with van der Waals surface area (Å²) < 4.78 is 1.22. The van der Waals surface area contributed by atoms with E-state index in [2.05, 4.69) is 55.4 Å². The number of quaternary nitrogens is 1. The van der Waals surface area contributed by atoms with Crippen LogP contribution in [0.3, 0.4) is 0 Å². The van der Waals surface area contributed by atoms with Gasteiger partial charge >= 0.3 is 0 Å². The maximum Gasteiger partial charge on any atom is 0.0839 e. The molecule has 0 fully saturated rings. The van der Waals surface area contributed by atoms with Gasteiger partial charge in [-0.25, -0.2) is 0 Å². The van der Waals surface area contributed by atoms with Crippen LogP contribution in [-0.2, 0) is 0 Å². The van der Waals surface area contributed by atoms with Crippen molar-refractivity contribution in [3.05, 3.63) is 0 Å². The van der Waals surface area contributed by atoms with E-state index in [0.29, 0.717) is 24.2 Å². The van der Waals surface area contributed by atoms with Crippen molar-refractivity contribution in [3.8, 4) is 0 Å². The van der Waals surface area contributed by atoms with Crippen LogP contribution in [0.1, 0.15) is 55.4 Å². The minimum Gasteiger partial charge on any atom is -1.00 e. The molecule has 0 aromatic carbocycles. The Balaban J connectivity index is 0. The molecule has 0 aliphatic carbocycles. The van der Waals surface area contributed by atoms with Gasteiger partial charge in [-0.1, -0.05) is 0 Å². The first-order valence-electron chi connectivity index (χ1n) is 5.65. The smallest absolute Gasteiger partial charge is 0.0839 e. The average molecular weight is 222 g/mol. The van der Waals surface area contributed by atoms with Crippen LogP contribution >= 0.6 is 0 Å².